The molecule has 0 aromatic carbocycles. The molecule has 9 heavy (non-hydrogen) atoms. The van der Waals surface area contributed by atoms with Crippen molar-refractivity contribution in [2.75, 3.05) is 0 Å². The molecule has 1 fully saturated rings. The minimum absolute atomic E-state index is 0.796. The van der Waals surface area contributed by atoms with Crippen LogP contribution in [-0.4, -0.2) is 0 Å². The fourth-order valence-electron chi connectivity index (χ4n) is 2.26. The molecule has 2 rings (SSSR count). The minimum atomic E-state index is 0.796. The molecule has 0 aromatic rings. The normalized spacial score (nSPS) is 40.6. The van der Waals surface area contributed by atoms with E-state index in [-0.39, 0.29) is 0 Å². The van der Waals surface area contributed by atoms with Crippen molar-refractivity contribution in [3.05, 3.63) is 11.3 Å². The molecule has 0 aliphatic heterocycles. The molecule has 0 heterocycles. The van der Waals surface area contributed by atoms with Gasteiger partial charge in [-0.1, -0.05) is 12.0 Å². The average molecular weight is 123 g/mol. The van der Waals surface area contributed by atoms with Crippen LogP contribution < -0.4 is 5.73 Å². The van der Waals surface area contributed by atoms with Crippen LogP contribution in [0.25, 0.3) is 0 Å². The zero-order valence-corrected chi connectivity index (χ0v) is 5.85. The Morgan fingerprint density at radius 2 is 2.00 bits per heavy atom. The molecule has 0 bridgehead atoms. The van der Waals surface area contributed by atoms with Crippen LogP contribution in [-0.2, 0) is 0 Å². The lowest BCUT2D eigenvalue weighted by Gasteiger charge is -2.33. The Morgan fingerprint density at radius 3 is 2.67 bits per heavy atom. The average Bonchev–Trinajstić information content (AvgIpc) is 2.30. The summed E-state index contributed by atoms with van der Waals surface area (Å²) in [4.78, 5) is 0. The topological polar surface area (TPSA) is 26.0 Å². The monoisotopic (exact) mass is 123 g/mol. The Morgan fingerprint density at radius 1 is 1.33 bits per heavy atom. The SMILES string of the molecule is CC1=C(N)C2CCCC12. The molecular weight excluding hydrogens is 110 g/mol. The van der Waals surface area contributed by atoms with E-state index >= 15 is 0 Å². The van der Waals surface area contributed by atoms with Gasteiger partial charge < -0.3 is 5.73 Å². The third-order valence-corrected chi connectivity index (χ3v) is 2.93. The lowest BCUT2D eigenvalue weighted by atomic mass is 9.75. The van der Waals surface area contributed by atoms with Gasteiger partial charge in [-0.05, 0) is 25.7 Å². The summed E-state index contributed by atoms with van der Waals surface area (Å²) in [5.74, 6) is 1.69. The molecule has 2 aliphatic rings. The summed E-state index contributed by atoms with van der Waals surface area (Å²) in [6.45, 7) is 2.18. The number of hydrogen-bond donors (Lipinski definition) is 1. The summed E-state index contributed by atoms with van der Waals surface area (Å²) >= 11 is 0. The highest BCUT2D eigenvalue weighted by atomic mass is 14.7. The maximum absolute atomic E-state index is 5.79. The number of fused-ring (bicyclic) bond motifs is 1. The van der Waals surface area contributed by atoms with Gasteiger partial charge in [0.15, 0.2) is 0 Å². The molecule has 50 valence electrons. The predicted octanol–water partition coefficient (Wildman–Crippen LogP) is 1.65. The molecule has 1 saturated carbocycles. The molecule has 2 aliphatic carbocycles. The second-order valence-corrected chi connectivity index (χ2v) is 3.28. The van der Waals surface area contributed by atoms with E-state index in [1.54, 1.807) is 0 Å². The first kappa shape index (κ1) is 5.33. The molecule has 2 N–H and O–H groups in total. The molecule has 0 amide bonds. The van der Waals surface area contributed by atoms with Crippen molar-refractivity contribution in [1.29, 1.82) is 0 Å². The standard InChI is InChI=1S/C8H13N/c1-5-6-3-2-4-7(6)8(5)9/h6-7H,2-4,9H2,1H3. The van der Waals surface area contributed by atoms with E-state index in [9.17, 15) is 0 Å². The van der Waals surface area contributed by atoms with Gasteiger partial charge in [-0.2, -0.15) is 0 Å². The fraction of sp³-hybridized carbons (Fsp3) is 0.750. The summed E-state index contributed by atoms with van der Waals surface area (Å²) < 4.78 is 0. The van der Waals surface area contributed by atoms with E-state index in [4.69, 9.17) is 5.73 Å². The van der Waals surface area contributed by atoms with Gasteiger partial charge in [-0.15, -0.1) is 0 Å². The van der Waals surface area contributed by atoms with Crippen LogP contribution in [0.5, 0.6) is 0 Å². The second-order valence-electron chi connectivity index (χ2n) is 3.28. The number of allylic oxidation sites excluding steroid dienone is 2. The van der Waals surface area contributed by atoms with Crippen molar-refractivity contribution in [1.82, 2.24) is 0 Å². The maximum Gasteiger partial charge on any atom is 0.0110 e. The van der Waals surface area contributed by atoms with Crippen molar-refractivity contribution in [2.45, 2.75) is 26.2 Å². The summed E-state index contributed by atoms with van der Waals surface area (Å²) in [5, 5.41) is 0. The van der Waals surface area contributed by atoms with E-state index in [1.165, 1.54) is 30.5 Å². The van der Waals surface area contributed by atoms with Crippen molar-refractivity contribution >= 4 is 0 Å². The Kier molecular flexibility index (Phi) is 0.904. The van der Waals surface area contributed by atoms with E-state index in [0.717, 1.165) is 11.8 Å². The largest absolute Gasteiger partial charge is 0.402 e. The van der Waals surface area contributed by atoms with Crippen LogP contribution in [0, 0.1) is 11.8 Å². The van der Waals surface area contributed by atoms with E-state index in [0.29, 0.717) is 0 Å². The second kappa shape index (κ2) is 1.53. The molecule has 0 radical (unpaired) electrons. The molecule has 2 unspecified atom stereocenters. The lowest BCUT2D eigenvalue weighted by molar-refractivity contribution is 0.421. The van der Waals surface area contributed by atoms with Crippen LogP contribution in [0.3, 0.4) is 0 Å². The lowest BCUT2D eigenvalue weighted by Crippen LogP contribution is -2.29. The molecule has 2 atom stereocenters. The number of rotatable bonds is 0. The van der Waals surface area contributed by atoms with Gasteiger partial charge in [-0.25, -0.2) is 0 Å². The first-order valence-corrected chi connectivity index (χ1v) is 3.77. The molecular formula is C8H13N. The Labute approximate surface area is 55.9 Å². The van der Waals surface area contributed by atoms with Gasteiger partial charge in [0.25, 0.3) is 0 Å². The molecule has 1 nitrogen and oxygen atoms in total. The molecule has 0 aromatic heterocycles. The Bertz CT molecular complexity index is 151. The summed E-state index contributed by atoms with van der Waals surface area (Å²) in [5.41, 5.74) is 8.48. The molecule has 0 spiro atoms. The van der Waals surface area contributed by atoms with Crippen molar-refractivity contribution in [2.24, 2.45) is 17.6 Å². The summed E-state index contributed by atoms with van der Waals surface area (Å²) in [6, 6.07) is 0. The number of hydrogen-bond acceptors (Lipinski definition) is 1. The van der Waals surface area contributed by atoms with Crippen LogP contribution in [0.4, 0.5) is 0 Å². The van der Waals surface area contributed by atoms with Crippen molar-refractivity contribution in [3.8, 4) is 0 Å². The predicted molar refractivity (Wildman–Crippen MR) is 37.7 cm³/mol. The van der Waals surface area contributed by atoms with E-state index in [1.807, 2.05) is 0 Å². The smallest absolute Gasteiger partial charge is 0.0110 e. The fourth-order valence-corrected chi connectivity index (χ4v) is 2.26. The zero-order valence-electron chi connectivity index (χ0n) is 5.85. The first-order chi connectivity index (χ1) is 4.30. The highest BCUT2D eigenvalue weighted by Crippen LogP contribution is 2.48. The Hall–Kier alpha value is -0.460. The van der Waals surface area contributed by atoms with E-state index in [2.05, 4.69) is 6.92 Å². The van der Waals surface area contributed by atoms with Crippen LogP contribution in [0.2, 0.25) is 0 Å². The highest BCUT2D eigenvalue weighted by Gasteiger charge is 2.39. The van der Waals surface area contributed by atoms with Crippen molar-refractivity contribution in [3.63, 3.8) is 0 Å². The van der Waals surface area contributed by atoms with Gasteiger partial charge in [-0.3, -0.25) is 0 Å². The molecule has 1 heteroatoms. The van der Waals surface area contributed by atoms with Gasteiger partial charge in [0, 0.05) is 11.6 Å². The number of nitrogens with two attached hydrogens (primary N) is 1. The van der Waals surface area contributed by atoms with Crippen molar-refractivity contribution < 1.29 is 0 Å². The van der Waals surface area contributed by atoms with Gasteiger partial charge in [0.1, 0.15) is 0 Å². The summed E-state index contributed by atoms with van der Waals surface area (Å²) in [7, 11) is 0. The van der Waals surface area contributed by atoms with Gasteiger partial charge >= 0.3 is 0 Å². The van der Waals surface area contributed by atoms with Crippen LogP contribution in [0.1, 0.15) is 26.2 Å². The Balaban J connectivity index is 2.25. The van der Waals surface area contributed by atoms with Gasteiger partial charge in [0.05, 0.1) is 0 Å². The summed E-state index contributed by atoms with van der Waals surface area (Å²) in [6.07, 6.45) is 4.15. The third-order valence-electron chi connectivity index (χ3n) is 2.93. The zero-order chi connectivity index (χ0) is 6.43. The quantitative estimate of drug-likeness (QED) is 0.520. The van der Waals surface area contributed by atoms with Crippen LogP contribution >= 0.6 is 0 Å². The minimum Gasteiger partial charge on any atom is -0.402 e. The third kappa shape index (κ3) is 0.499. The molecule has 0 saturated heterocycles. The first-order valence-electron chi connectivity index (χ1n) is 3.77. The van der Waals surface area contributed by atoms with E-state index < -0.39 is 0 Å². The van der Waals surface area contributed by atoms with Crippen LogP contribution in [0.15, 0.2) is 11.3 Å². The maximum atomic E-state index is 5.79. The highest BCUT2D eigenvalue weighted by molar-refractivity contribution is 5.30. The van der Waals surface area contributed by atoms with Gasteiger partial charge in [0.2, 0.25) is 0 Å².